The molecule has 120 valence electrons. The van der Waals surface area contributed by atoms with Gasteiger partial charge in [0.2, 0.25) is 10.0 Å². The Balaban J connectivity index is 2.79. The van der Waals surface area contributed by atoms with E-state index in [1.54, 1.807) is 6.07 Å². The van der Waals surface area contributed by atoms with Crippen molar-refractivity contribution in [2.24, 2.45) is 5.41 Å². The molecule has 0 saturated carbocycles. The Bertz CT molecular complexity index is 566. The molecule has 0 atom stereocenters. The summed E-state index contributed by atoms with van der Waals surface area (Å²) in [4.78, 5) is 0.289. The summed E-state index contributed by atoms with van der Waals surface area (Å²) in [5.74, 6) is 0. The van der Waals surface area contributed by atoms with Crippen molar-refractivity contribution in [1.29, 1.82) is 0 Å². The lowest BCUT2D eigenvalue weighted by atomic mass is 9.93. The molecule has 6 heteroatoms. The molecule has 0 radical (unpaired) electrons. The Hall–Kier alpha value is -0.430. The van der Waals surface area contributed by atoms with Crippen LogP contribution < -0.4 is 10.0 Å². The summed E-state index contributed by atoms with van der Waals surface area (Å²) in [7, 11) is -3.47. The van der Waals surface area contributed by atoms with Gasteiger partial charge in [0.05, 0.1) is 4.90 Å². The van der Waals surface area contributed by atoms with Gasteiger partial charge in [-0.05, 0) is 52.0 Å². The number of halogens is 1. The van der Waals surface area contributed by atoms with Gasteiger partial charge in [-0.2, -0.15) is 0 Å². The van der Waals surface area contributed by atoms with Gasteiger partial charge < -0.3 is 5.32 Å². The molecule has 2 N–H and O–H groups in total. The maximum atomic E-state index is 12.3. The summed E-state index contributed by atoms with van der Waals surface area (Å²) in [6.45, 7) is 10.4. The fourth-order valence-electron chi connectivity index (χ4n) is 1.78. The van der Waals surface area contributed by atoms with Crippen LogP contribution in [0.1, 0.15) is 39.7 Å². The Morgan fingerprint density at radius 1 is 1.24 bits per heavy atom. The van der Waals surface area contributed by atoms with Crippen molar-refractivity contribution < 1.29 is 8.42 Å². The normalized spacial score (nSPS) is 12.6. The lowest BCUT2D eigenvalue weighted by Gasteiger charge is -2.18. The molecule has 4 nitrogen and oxygen atoms in total. The van der Waals surface area contributed by atoms with Crippen molar-refractivity contribution in [1.82, 2.24) is 10.0 Å². The van der Waals surface area contributed by atoms with Gasteiger partial charge in [0.25, 0.3) is 0 Å². The molecule has 0 bridgehead atoms. The molecule has 0 aliphatic heterocycles. The third-order valence-corrected chi connectivity index (χ3v) is 5.47. The molecule has 0 spiro atoms. The van der Waals surface area contributed by atoms with Crippen LogP contribution in [0.15, 0.2) is 27.6 Å². The molecule has 0 aliphatic carbocycles. The predicted octanol–water partition coefficient (Wildman–Crippen LogP) is 3.27. The molecule has 1 aromatic carbocycles. The van der Waals surface area contributed by atoms with Crippen LogP contribution in [0.4, 0.5) is 0 Å². The van der Waals surface area contributed by atoms with E-state index >= 15 is 0 Å². The predicted molar refractivity (Wildman–Crippen MR) is 90.8 cm³/mol. The van der Waals surface area contributed by atoms with Crippen LogP contribution in [-0.4, -0.2) is 21.5 Å². The largest absolute Gasteiger partial charge is 0.313 e. The molecule has 21 heavy (non-hydrogen) atoms. The summed E-state index contributed by atoms with van der Waals surface area (Å²) in [6, 6.07) is 5.34. The van der Waals surface area contributed by atoms with Crippen LogP contribution in [0.5, 0.6) is 0 Å². The molecule has 0 aromatic heterocycles. The van der Waals surface area contributed by atoms with Crippen LogP contribution in [0.25, 0.3) is 0 Å². The monoisotopic (exact) mass is 376 g/mol. The van der Waals surface area contributed by atoms with Gasteiger partial charge in [-0.3, -0.25) is 0 Å². The molecule has 0 heterocycles. The van der Waals surface area contributed by atoms with Crippen molar-refractivity contribution in [3.8, 4) is 0 Å². The minimum Gasteiger partial charge on any atom is -0.313 e. The highest BCUT2D eigenvalue weighted by Gasteiger charge is 2.19. The van der Waals surface area contributed by atoms with E-state index < -0.39 is 10.0 Å². The van der Waals surface area contributed by atoms with Gasteiger partial charge in [0, 0.05) is 17.6 Å². The number of benzene rings is 1. The minimum atomic E-state index is -3.47. The smallest absolute Gasteiger partial charge is 0.241 e. The number of sulfonamides is 1. The van der Waals surface area contributed by atoms with Gasteiger partial charge in [0.15, 0.2) is 0 Å². The number of hydrogen-bond acceptors (Lipinski definition) is 3. The van der Waals surface area contributed by atoms with Crippen molar-refractivity contribution in [3.63, 3.8) is 0 Å². The van der Waals surface area contributed by atoms with Crippen molar-refractivity contribution in [2.45, 2.75) is 45.6 Å². The molecular weight excluding hydrogens is 352 g/mol. The van der Waals surface area contributed by atoms with Gasteiger partial charge >= 0.3 is 0 Å². The minimum absolute atomic E-state index is 0.107. The first-order valence-corrected chi connectivity index (χ1v) is 9.42. The zero-order chi connectivity index (χ0) is 16.1. The summed E-state index contributed by atoms with van der Waals surface area (Å²) in [6.07, 6.45) is 0.794. The molecule has 0 aliphatic rings. The van der Waals surface area contributed by atoms with E-state index in [4.69, 9.17) is 0 Å². The highest BCUT2D eigenvalue weighted by atomic mass is 79.9. The molecule has 0 amide bonds. The first-order valence-electron chi connectivity index (χ1n) is 7.14. The summed E-state index contributed by atoms with van der Waals surface area (Å²) >= 11 is 3.36. The maximum absolute atomic E-state index is 12.3. The van der Waals surface area contributed by atoms with Crippen molar-refractivity contribution in [2.75, 3.05) is 13.1 Å². The van der Waals surface area contributed by atoms with E-state index in [0.717, 1.165) is 25.1 Å². The van der Waals surface area contributed by atoms with Crippen LogP contribution >= 0.6 is 15.9 Å². The van der Waals surface area contributed by atoms with Gasteiger partial charge in [0.1, 0.15) is 0 Å². The third-order valence-electron chi connectivity index (χ3n) is 3.03. The lowest BCUT2D eigenvalue weighted by molar-refractivity contribution is 0.378. The van der Waals surface area contributed by atoms with E-state index in [1.807, 2.05) is 19.1 Å². The van der Waals surface area contributed by atoms with Crippen molar-refractivity contribution in [3.05, 3.63) is 28.2 Å². The molecule has 1 aromatic rings. The second-order valence-electron chi connectivity index (χ2n) is 6.25. The molecule has 0 saturated heterocycles. The second-order valence-corrected chi connectivity index (χ2v) is 8.84. The highest BCUT2D eigenvalue weighted by Crippen LogP contribution is 2.24. The van der Waals surface area contributed by atoms with Gasteiger partial charge in [-0.25, -0.2) is 13.1 Å². The summed E-state index contributed by atoms with van der Waals surface area (Å²) in [5, 5.41) is 3.21. The Labute approximate surface area is 136 Å². The zero-order valence-corrected chi connectivity index (χ0v) is 15.6. The van der Waals surface area contributed by atoms with Crippen LogP contribution in [0.2, 0.25) is 0 Å². The Kier molecular flexibility index (Phi) is 6.84. The lowest BCUT2D eigenvalue weighted by Crippen LogP contribution is -2.27. The van der Waals surface area contributed by atoms with Gasteiger partial charge in [-0.15, -0.1) is 0 Å². The summed E-state index contributed by atoms with van der Waals surface area (Å²) in [5.41, 5.74) is 1.16. The quantitative estimate of drug-likeness (QED) is 0.767. The van der Waals surface area contributed by atoms with E-state index in [1.165, 1.54) is 0 Å². The molecule has 0 unspecified atom stereocenters. The number of rotatable bonds is 7. The molecule has 1 rings (SSSR count). The van der Waals surface area contributed by atoms with E-state index in [9.17, 15) is 8.42 Å². The van der Waals surface area contributed by atoms with E-state index in [-0.39, 0.29) is 10.3 Å². The first-order chi connectivity index (χ1) is 9.65. The topological polar surface area (TPSA) is 58.2 Å². The van der Waals surface area contributed by atoms with Crippen LogP contribution in [-0.2, 0) is 16.6 Å². The van der Waals surface area contributed by atoms with Gasteiger partial charge in [-0.1, -0.05) is 33.8 Å². The fraction of sp³-hybridized carbons (Fsp3) is 0.600. The van der Waals surface area contributed by atoms with Crippen LogP contribution in [0, 0.1) is 5.41 Å². The highest BCUT2D eigenvalue weighted by molar-refractivity contribution is 9.10. The SMILES string of the molecule is CCNCc1ccc(S(=O)(=O)NCCC(C)(C)C)c(Br)c1. The fourth-order valence-corrected chi connectivity index (χ4v) is 3.93. The maximum Gasteiger partial charge on any atom is 0.241 e. The van der Waals surface area contributed by atoms with Crippen LogP contribution in [0.3, 0.4) is 0 Å². The Morgan fingerprint density at radius 3 is 2.43 bits per heavy atom. The average Bonchev–Trinajstić information content (AvgIpc) is 2.34. The van der Waals surface area contributed by atoms with E-state index in [0.29, 0.717) is 11.0 Å². The average molecular weight is 377 g/mol. The standard InChI is InChI=1S/C15H25BrN2O2S/c1-5-17-11-12-6-7-14(13(16)10-12)21(19,20)18-9-8-15(2,3)4/h6-7,10,17-18H,5,8-9,11H2,1-4H3. The molecule has 0 fully saturated rings. The van der Waals surface area contributed by atoms with E-state index in [2.05, 4.69) is 46.7 Å². The second kappa shape index (κ2) is 7.72. The third kappa shape index (κ3) is 6.46. The zero-order valence-electron chi connectivity index (χ0n) is 13.2. The first kappa shape index (κ1) is 18.6. The van der Waals surface area contributed by atoms with Crippen molar-refractivity contribution >= 4 is 26.0 Å². The number of hydrogen-bond donors (Lipinski definition) is 2. The Morgan fingerprint density at radius 2 is 1.90 bits per heavy atom. The summed E-state index contributed by atoms with van der Waals surface area (Å²) < 4.78 is 27.9. The molecular formula is C15H25BrN2O2S. The number of nitrogens with one attached hydrogen (secondary N) is 2.